The van der Waals surface area contributed by atoms with Gasteiger partial charge in [0.1, 0.15) is 12.4 Å². The maximum atomic E-state index is 6.45. The standard InChI is InChI=1S/C53H36N2O.C2H4/c1-2-15-37(16-3-1)48-32-49(55-52(54-48)43-23-12-19-35-14-4-7-20-41(35)43)38-30-28-36(29-31-38)42-22-13-26-47-51(42)44-21-8-10-25-46(44)53(47)33-39-17-6-11-27-50(39)56-34-40-18-5-9-24-45(40)53;1-2/h1-32H,33-34H2;1-2H2. The Morgan fingerprint density at radius 1 is 0.448 bits per heavy atom. The summed E-state index contributed by atoms with van der Waals surface area (Å²) in [4.78, 5) is 10.4. The zero-order valence-electron chi connectivity index (χ0n) is 32.1. The highest BCUT2D eigenvalue weighted by molar-refractivity contribution is 5.96. The van der Waals surface area contributed by atoms with Crippen molar-refractivity contribution >= 4 is 10.8 Å². The van der Waals surface area contributed by atoms with Gasteiger partial charge in [-0.05, 0) is 79.4 Å². The van der Waals surface area contributed by atoms with Gasteiger partial charge in [0.25, 0.3) is 0 Å². The first-order valence-electron chi connectivity index (χ1n) is 19.8. The van der Waals surface area contributed by atoms with Crippen LogP contribution in [0.25, 0.3) is 66.9 Å². The number of fused-ring (bicyclic) bond motifs is 9. The topological polar surface area (TPSA) is 35.0 Å². The van der Waals surface area contributed by atoms with Gasteiger partial charge in [0.05, 0.1) is 16.8 Å². The molecule has 0 saturated heterocycles. The van der Waals surface area contributed by atoms with Crippen LogP contribution in [0.3, 0.4) is 0 Å². The molecule has 3 heteroatoms. The zero-order chi connectivity index (χ0) is 39.1. The van der Waals surface area contributed by atoms with E-state index in [1.54, 1.807) is 0 Å². The lowest BCUT2D eigenvalue weighted by Gasteiger charge is -2.37. The molecule has 1 spiro atoms. The van der Waals surface area contributed by atoms with E-state index >= 15 is 0 Å². The van der Waals surface area contributed by atoms with Crippen LogP contribution in [0.15, 0.2) is 207 Å². The van der Waals surface area contributed by atoms with E-state index in [9.17, 15) is 0 Å². The minimum absolute atomic E-state index is 0.370. The molecule has 2 aliphatic rings. The maximum absolute atomic E-state index is 6.45. The van der Waals surface area contributed by atoms with E-state index in [2.05, 4.69) is 201 Å². The third-order valence-corrected chi connectivity index (χ3v) is 11.8. The Bertz CT molecular complexity index is 2960. The molecule has 0 saturated carbocycles. The number of hydrogen-bond donors (Lipinski definition) is 0. The van der Waals surface area contributed by atoms with E-state index < -0.39 is 0 Å². The molecule has 58 heavy (non-hydrogen) atoms. The predicted molar refractivity (Wildman–Crippen MR) is 239 cm³/mol. The Hall–Kier alpha value is -7.36. The van der Waals surface area contributed by atoms with E-state index in [0.717, 1.165) is 51.5 Å². The highest BCUT2D eigenvalue weighted by Crippen LogP contribution is 2.58. The highest BCUT2D eigenvalue weighted by atomic mass is 16.5. The molecule has 0 bridgehead atoms. The summed E-state index contributed by atoms with van der Waals surface area (Å²) in [7, 11) is 0. The average Bonchev–Trinajstić information content (AvgIpc) is 3.59. The second-order valence-corrected chi connectivity index (χ2v) is 14.8. The molecular weight excluding hydrogens is 705 g/mol. The van der Waals surface area contributed by atoms with Gasteiger partial charge in [-0.2, -0.15) is 0 Å². The van der Waals surface area contributed by atoms with Gasteiger partial charge >= 0.3 is 0 Å². The molecule has 9 aromatic rings. The van der Waals surface area contributed by atoms with Crippen molar-refractivity contribution in [2.24, 2.45) is 0 Å². The van der Waals surface area contributed by atoms with Crippen LogP contribution in [0.5, 0.6) is 5.75 Å². The SMILES string of the molecule is C=C.c1ccc(-c2cc(-c3ccc(-c4cccc5c4-c4ccccc4C54Cc5ccccc5OCc5ccccc54)cc3)nc(-c3cccc4ccccc34)n2)cc1. The Balaban J connectivity index is 0.00000201. The second kappa shape index (κ2) is 14.6. The molecule has 1 aromatic heterocycles. The van der Waals surface area contributed by atoms with Gasteiger partial charge in [-0.1, -0.05) is 182 Å². The molecule has 11 rings (SSSR count). The van der Waals surface area contributed by atoms with E-state index in [0.29, 0.717) is 6.61 Å². The molecule has 2 heterocycles. The van der Waals surface area contributed by atoms with Gasteiger partial charge in [0.2, 0.25) is 0 Å². The maximum Gasteiger partial charge on any atom is 0.161 e. The molecule has 1 atom stereocenters. The molecule has 3 nitrogen and oxygen atoms in total. The molecule has 0 fully saturated rings. The molecule has 1 aliphatic heterocycles. The van der Waals surface area contributed by atoms with Crippen molar-refractivity contribution in [3.8, 4) is 61.9 Å². The molecule has 0 N–H and O–H groups in total. The minimum Gasteiger partial charge on any atom is -0.489 e. The number of ether oxygens (including phenoxy) is 1. The van der Waals surface area contributed by atoms with Crippen LogP contribution in [-0.4, -0.2) is 9.97 Å². The lowest BCUT2D eigenvalue weighted by molar-refractivity contribution is 0.293. The fourth-order valence-electron chi connectivity index (χ4n) is 9.24. The third-order valence-electron chi connectivity index (χ3n) is 11.8. The second-order valence-electron chi connectivity index (χ2n) is 14.8. The van der Waals surface area contributed by atoms with E-state index in [4.69, 9.17) is 14.7 Å². The summed E-state index contributed by atoms with van der Waals surface area (Å²) in [5.41, 5.74) is 16.0. The first-order valence-corrected chi connectivity index (χ1v) is 19.8. The normalized spacial score (nSPS) is 14.8. The number of benzene rings is 8. The van der Waals surface area contributed by atoms with Crippen LogP contribution in [0.2, 0.25) is 0 Å². The molecular formula is C55H40N2O. The van der Waals surface area contributed by atoms with E-state index in [1.807, 2.05) is 6.07 Å². The molecule has 1 unspecified atom stereocenters. The Kier molecular flexibility index (Phi) is 8.84. The zero-order valence-corrected chi connectivity index (χ0v) is 32.1. The summed E-state index contributed by atoms with van der Waals surface area (Å²) < 4.78 is 6.45. The molecule has 8 aromatic carbocycles. The van der Waals surface area contributed by atoms with Crippen molar-refractivity contribution in [3.63, 3.8) is 0 Å². The van der Waals surface area contributed by atoms with Crippen LogP contribution >= 0.6 is 0 Å². The Labute approximate surface area is 339 Å². The van der Waals surface area contributed by atoms with Gasteiger partial charge in [-0.15, -0.1) is 13.2 Å². The van der Waals surface area contributed by atoms with Gasteiger partial charge in [0.15, 0.2) is 5.82 Å². The molecule has 0 radical (unpaired) electrons. The van der Waals surface area contributed by atoms with Crippen molar-refractivity contribution in [1.29, 1.82) is 0 Å². The van der Waals surface area contributed by atoms with Crippen LogP contribution in [0, 0.1) is 0 Å². The van der Waals surface area contributed by atoms with Gasteiger partial charge in [-0.3, -0.25) is 0 Å². The molecule has 0 amide bonds. The minimum atomic E-state index is -0.370. The van der Waals surface area contributed by atoms with Crippen LogP contribution in [-0.2, 0) is 18.4 Å². The molecule has 276 valence electrons. The number of rotatable bonds is 4. The summed E-state index contributed by atoms with van der Waals surface area (Å²) in [6.45, 7) is 6.53. The summed E-state index contributed by atoms with van der Waals surface area (Å²) in [6.07, 6.45) is 0.809. The lowest BCUT2D eigenvalue weighted by Crippen LogP contribution is -2.32. The number of para-hydroxylation sites is 1. The quantitative estimate of drug-likeness (QED) is 0.168. The largest absolute Gasteiger partial charge is 0.489 e. The van der Waals surface area contributed by atoms with E-state index in [1.165, 1.54) is 55.5 Å². The fraction of sp³-hybridized carbons (Fsp3) is 0.0545. The predicted octanol–water partition coefficient (Wildman–Crippen LogP) is 13.5. The molecule has 1 aliphatic carbocycles. The summed E-state index contributed by atoms with van der Waals surface area (Å²) in [5, 5.41) is 2.31. The number of nitrogens with zero attached hydrogens (tertiary/aromatic N) is 2. The van der Waals surface area contributed by atoms with Crippen molar-refractivity contribution in [3.05, 3.63) is 235 Å². The highest BCUT2D eigenvalue weighted by Gasteiger charge is 2.47. The first kappa shape index (κ1) is 35.1. The van der Waals surface area contributed by atoms with E-state index in [-0.39, 0.29) is 5.41 Å². The first-order chi connectivity index (χ1) is 28.7. The van der Waals surface area contributed by atoms with Crippen LogP contribution in [0.1, 0.15) is 27.8 Å². The van der Waals surface area contributed by atoms with Crippen LogP contribution < -0.4 is 4.74 Å². The van der Waals surface area contributed by atoms with Crippen molar-refractivity contribution in [2.75, 3.05) is 0 Å². The van der Waals surface area contributed by atoms with Crippen molar-refractivity contribution < 1.29 is 4.74 Å². The summed E-state index contributed by atoms with van der Waals surface area (Å²) in [6, 6.07) is 69.6. The van der Waals surface area contributed by atoms with Gasteiger partial charge < -0.3 is 4.74 Å². The number of hydrogen-bond acceptors (Lipinski definition) is 3. The Morgan fingerprint density at radius 2 is 1.02 bits per heavy atom. The number of aromatic nitrogens is 2. The third kappa shape index (κ3) is 5.74. The smallest absolute Gasteiger partial charge is 0.161 e. The lowest BCUT2D eigenvalue weighted by atomic mass is 9.67. The van der Waals surface area contributed by atoms with Crippen molar-refractivity contribution in [2.45, 2.75) is 18.4 Å². The van der Waals surface area contributed by atoms with Gasteiger partial charge in [-0.25, -0.2) is 9.97 Å². The monoisotopic (exact) mass is 744 g/mol. The summed E-state index contributed by atoms with van der Waals surface area (Å²) >= 11 is 0. The van der Waals surface area contributed by atoms with Crippen LogP contribution in [0.4, 0.5) is 0 Å². The van der Waals surface area contributed by atoms with Crippen molar-refractivity contribution in [1.82, 2.24) is 9.97 Å². The Morgan fingerprint density at radius 3 is 1.84 bits per heavy atom. The summed E-state index contributed by atoms with van der Waals surface area (Å²) in [5.74, 6) is 1.68. The van der Waals surface area contributed by atoms with Gasteiger partial charge in [0, 0.05) is 16.7 Å². The fourth-order valence-corrected chi connectivity index (χ4v) is 9.24. The average molecular weight is 745 g/mol.